The van der Waals surface area contributed by atoms with Gasteiger partial charge in [0.2, 0.25) is 0 Å². The maximum Gasteiger partial charge on any atom is 0.328 e. The zero-order chi connectivity index (χ0) is 16.6. The number of methoxy groups -OCH3 is 1. The fourth-order valence-corrected chi connectivity index (χ4v) is 2.72. The molecule has 0 unspecified atom stereocenters. The first-order valence-corrected chi connectivity index (χ1v) is 7.11. The van der Waals surface area contributed by atoms with Gasteiger partial charge in [-0.25, -0.2) is 4.79 Å². The average molecular weight is 311 g/mol. The van der Waals surface area contributed by atoms with Crippen molar-refractivity contribution in [2.75, 3.05) is 7.11 Å². The summed E-state index contributed by atoms with van der Waals surface area (Å²) in [7, 11) is 3.47. The maximum absolute atomic E-state index is 10.8. The van der Waals surface area contributed by atoms with E-state index < -0.39 is 5.97 Å². The Morgan fingerprint density at radius 2 is 2.13 bits per heavy atom. The summed E-state index contributed by atoms with van der Waals surface area (Å²) in [5, 5.41) is 14.4. The van der Waals surface area contributed by atoms with Gasteiger partial charge in [-0.1, -0.05) is 0 Å². The summed E-state index contributed by atoms with van der Waals surface area (Å²) in [5.41, 5.74) is 2.51. The molecule has 0 saturated carbocycles. The van der Waals surface area contributed by atoms with E-state index in [4.69, 9.17) is 9.84 Å². The Labute approximate surface area is 133 Å². The number of aryl methyl sites for hydroxylation is 2. The van der Waals surface area contributed by atoms with Gasteiger partial charge in [0.25, 0.3) is 0 Å². The van der Waals surface area contributed by atoms with Gasteiger partial charge < -0.3 is 14.4 Å². The van der Waals surface area contributed by atoms with E-state index in [2.05, 4.69) is 5.10 Å². The molecule has 3 aromatic rings. The Kier molecular flexibility index (Phi) is 3.65. The number of fused-ring (bicyclic) bond motifs is 1. The van der Waals surface area contributed by atoms with Crippen LogP contribution in [0.3, 0.4) is 0 Å². The van der Waals surface area contributed by atoms with Crippen molar-refractivity contribution in [2.24, 2.45) is 7.05 Å². The molecule has 0 fully saturated rings. The lowest BCUT2D eigenvalue weighted by Gasteiger charge is -2.09. The Bertz CT molecular complexity index is 919. The summed E-state index contributed by atoms with van der Waals surface area (Å²) in [6, 6.07) is 7.84. The van der Waals surface area contributed by atoms with Crippen LogP contribution in [0.15, 0.2) is 36.5 Å². The molecular weight excluding hydrogens is 294 g/mol. The third-order valence-corrected chi connectivity index (χ3v) is 3.76. The fraction of sp³-hybridized carbons (Fsp3) is 0.176. The largest absolute Gasteiger partial charge is 0.497 e. The monoisotopic (exact) mass is 311 g/mol. The van der Waals surface area contributed by atoms with Crippen molar-refractivity contribution in [3.05, 3.63) is 47.8 Å². The van der Waals surface area contributed by atoms with Gasteiger partial charge in [0.15, 0.2) is 0 Å². The third-order valence-electron chi connectivity index (χ3n) is 3.76. The summed E-state index contributed by atoms with van der Waals surface area (Å²) in [5.74, 6) is 0.584. The molecule has 6 nitrogen and oxygen atoms in total. The number of hydrogen-bond acceptors (Lipinski definition) is 3. The van der Waals surface area contributed by atoms with Crippen molar-refractivity contribution < 1.29 is 14.6 Å². The normalized spacial score (nSPS) is 11.4. The second-order valence-electron chi connectivity index (χ2n) is 5.23. The lowest BCUT2D eigenvalue weighted by atomic mass is 10.2. The van der Waals surface area contributed by atoms with Crippen molar-refractivity contribution in [1.82, 2.24) is 14.3 Å². The van der Waals surface area contributed by atoms with E-state index in [1.165, 1.54) is 0 Å². The maximum atomic E-state index is 10.8. The molecule has 0 radical (unpaired) electrons. The zero-order valence-corrected chi connectivity index (χ0v) is 13.1. The second kappa shape index (κ2) is 5.64. The molecule has 0 spiro atoms. The lowest BCUT2D eigenvalue weighted by molar-refractivity contribution is -0.131. The van der Waals surface area contributed by atoms with Gasteiger partial charge in [-0.05, 0) is 31.2 Å². The van der Waals surface area contributed by atoms with Crippen LogP contribution in [-0.4, -0.2) is 32.5 Å². The predicted octanol–water partition coefficient (Wildman–Crippen LogP) is 2.78. The van der Waals surface area contributed by atoms with Crippen molar-refractivity contribution in [1.29, 1.82) is 0 Å². The molecule has 1 aromatic carbocycles. The highest BCUT2D eigenvalue weighted by atomic mass is 16.5. The van der Waals surface area contributed by atoms with Crippen LogP contribution < -0.4 is 4.74 Å². The molecule has 0 aliphatic carbocycles. The van der Waals surface area contributed by atoms with E-state index in [1.807, 2.05) is 49.0 Å². The number of carboxylic acid groups (broad SMARTS) is 1. The topological polar surface area (TPSA) is 69.3 Å². The van der Waals surface area contributed by atoms with Crippen LogP contribution >= 0.6 is 0 Å². The van der Waals surface area contributed by atoms with E-state index in [-0.39, 0.29) is 0 Å². The number of rotatable bonds is 4. The van der Waals surface area contributed by atoms with Gasteiger partial charge in [0.1, 0.15) is 11.6 Å². The van der Waals surface area contributed by atoms with Crippen LogP contribution in [0.4, 0.5) is 0 Å². The molecule has 118 valence electrons. The van der Waals surface area contributed by atoms with Crippen LogP contribution in [-0.2, 0) is 11.8 Å². The van der Waals surface area contributed by atoms with Crippen LogP contribution in [0.2, 0.25) is 0 Å². The second-order valence-corrected chi connectivity index (χ2v) is 5.23. The first-order valence-electron chi connectivity index (χ1n) is 7.11. The highest BCUT2D eigenvalue weighted by molar-refractivity contribution is 5.87. The first-order chi connectivity index (χ1) is 11.0. The third kappa shape index (κ3) is 2.59. The number of aliphatic carboxylic acids is 1. The fourth-order valence-electron chi connectivity index (χ4n) is 2.72. The molecule has 0 atom stereocenters. The molecule has 0 aliphatic heterocycles. The Morgan fingerprint density at radius 3 is 2.83 bits per heavy atom. The van der Waals surface area contributed by atoms with Crippen molar-refractivity contribution in [2.45, 2.75) is 6.92 Å². The minimum absolute atomic E-state index is 0.763. The summed E-state index contributed by atoms with van der Waals surface area (Å²) in [4.78, 5) is 10.8. The van der Waals surface area contributed by atoms with Crippen LogP contribution in [0.5, 0.6) is 5.75 Å². The molecular formula is C17H17N3O3. The highest BCUT2D eigenvalue weighted by Crippen LogP contribution is 2.28. The molecule has 2 heterocycles. The Morgan fingerprint density at radius 1 is 1.35 bits per heavy atom. The minimum atomic E-state index is -0.988. The van der Waals surface area contributed by atoms with Gasteiger partial charge in [0, 0.05) is 36.3 Å². The van der Waals surface area contributed by atoms with E-state index in [0.717, 1.165) is 39.8 Å². The summed E-state index contributed by atoms with van der Waals surface area (Å²) >= 11 is 0. The standard InChI is InChI=1S/C17H17N3O3/c1-11-14(6-7-16(21)22)17(19(2)18-11)20-9-8-12-4-5-13(23-3)10-15(12)20/h4-10H,1-3H3,(H,21,22)/b7-6+. The Hall–Kier alpha value is -3.02. The number of nitrogens with zero attached hydrogens (tertiary/aromatic N) is 3. The van der Waals surface area contributed by atoms with Crippen LogP contribution in [0, 0.1) is 6.92 Å². The molecule has 0 saturated heterocycles. The van der Waals surface area contributed by atoms with Gasteiger partial charge in [-0.3, -0.25) is 4.68 Å². The SMILES string of the molecule is COc1ccc2ccn(-c3c(/C=C/C(=O)O)c(C)nn3C)c2c1. The molecule has 0 aliphatic rings. The van der Waals surface area contributed by atoms with Gasteiger partial charge >= 0.3 is 5.97 Å². The Balaban J connectivity index is 2.24. The van der Waals surface area contributed by atoms with Gasteiger partial charge in [0.05, 0.1) is 18.3 Å². The molecule has 2 aromatic heterocycles. The molecule has 23 heavy (non-hydrogen) atoms. The minimum Gasteiger partial charge on any atom is -0.497 e. The number of ether oxygens (including phenoxy) is 1. The molecule has 3 rings (SSSR count). The zero-order valence-electron chi connectivity index (χ0n) is 13.1. The van der Waals surface area contributed by atoms with Gasteiger partial charge in [-0.2, -0.15) is 5.10 Å². The number of aromatic nitrogens is 3. The smallest absolute Gasteiger partial charge is 0.328 e. The summed E-state index contributed by atoms with van der Waals surface area (Å²) in [6.45, 7) is 1.86. The average Bonchev–Trinajstić information content (AvgIpc) is 3.04. The molecule has 1 N–H and O–H groups in total. The number of hydrogen-bond donors (Lipinski definition) is 1. The van der Waals surface area contributed by atoms with Crippen LogP contribution in [0.25, 0.3) is 22.8 Å². The van der Waals surface area contributed by atoms with Crippen molar-refractivity contribution in [3.8, 4) is 11.6 Å². The van der Waals surface area contributed by atoms with Crippen molar-refractivity contribution in [3.63, 3.8) is 0 Å². The lowest BCUT2D eigenvalue weighted by Crippen LogP contribution is -2.03. The predicted molar refractivity (Wildman–Crippen MR) is 88.0 cm³/mol. The van der Waals surface area contributed by atoms with E-state index in [0.29, 0.717) is 0 Å². The summed E-state index contributed by atoms with van der Waals surface area (Å²) < 4.78 is 9.03. The van der Waals surface area contributed by atoms with E-state index >= 15 is 0 Å². The van der Waals surface area contributed by atoms with Crippen molar-refractivity contribution >= 4 is 22.9 Å². The molecule has 6 heteroatoms. The van der Waals surface area contributed by atoms with E-state index in [9.17, 15) is 4.79 Å². The number of benzene rings is 1. The first kappa shape index (κ1) is 14.9. The molecule has 0 amide bonds. The highest BCUT2D eigenvalue weighted by Gasteiger charge is 2.15. The van der Waals surface area contributed by atoms with Crippen LogP contribution in [0.1, 0.15) is 11.3 Å². The van der Waals surface area contributed by atoms with Gasteiger partial charge in [-0.15, -0.1) is 0 Å². The quantitative estimate of drug-likeness (QED) is 0.752. The van der Waals surface area contributed by atoms with E-state index in [1.54, 1.807) is 17.9 Å². The number of carbonyl (C=O) groups is 1. The summed E-state index contributed by atoms with van der Waals surface area (Å²) in [6.07, 6.45) is 4.64. The number of carboxylic acids is 1. The molecule has 0 bridgehead atoms.